The van der Waals surface area contributed by atoms with Crippen molar-refractivity contribution in [2.45, 2.75) is 44.8 Å². The highest BCUT2D eigenvalue weighted by atomic mass is 28.4. The van der Waals surface area contributed by atoms with Gasteiger partial charge in [0.25, 0.3) is 0 Å². The summed E-state index contributed by atoms with van der Waals surface area (Å²) in [6.07, 6.45) is 7.25. The molecule has 0 atom stereocenters. The third-order valence-electron chi connectivity index (χ3n) is 5.01. The van der Waals surface area contributed by atoms with E-state index in [9.17, 15) is 4.80 Å². The molecule has 1 N–H and O–H groups in total. The van der Waals surface area contributed by atoms with E-state index < -0.39 is 8.32 Å². The van der Waals surface area contributed by atoms with Crippen LogP contribution in [0.4, 0.5) is 0 Å². The Morgan fingerprint density at radius 3 is 1.89 bits per heavy atom. The largest absolute Gasteiger partial charge is 0.491 e. The number of ether oxygens (including phenoxy) is 4. The van der Waals surface area contributed by atoms with E-state index in [1.165, 1.54) is 0 Å². The summed E-state index contributed by atoms with van der Waals surface area (Å²) < 4.78 is 22.1. The maximum absolute atomic E-state index is 10.3. The van der Waals surface area contributed by atoms with E-state index >= 15 is 0 Å². The Balaban J connectivity index is 1.88. The third-order valence-corrected chi connectivity index (χ3v) is 8.57. The summed E-state index contributed by atoms with van der Waals surface area (Å²) in [4.78, 5) is 10.3. The molecule has 158 valence electrons. The maximum atomic E-state index is 10.3. The minimum Gasteiger partial charge on any atom is -0.491 e. The van der Waals surface area contributed by atoms with Crippen LogP contribution in [0.1, 0.15) is 32.3 Å². The summed E-state index contributed by atoms with van der Waals surface area (Å²) in [6, 6.07) is 7.40. The molecule has 0 aliphatic rings. The van der Waals surface area contributed by atoms with E-state index in [1.54, 1.807) is 0 Å². The highest BCUT2D eigenvalue weighted by Gasteiger charge is 2.37. The Kier molecular flexibility index (Phi) is 11.4. The lowest BCUT2D eigenvalue weighted by molar-refractivity contribution is 0.00855. The van der Waals surface area contributed by atoms with Gasteiger partial charge in [0.05, 0.1) is 33.0 Å². The average molecular weight is 409 g/mol. The second-order valence-corrected chi connectivity index (χ2v) is 12.4. The van der Waals surface area contributed by atoms with E-state index in [4.69, 9.17) is 25.4 Å². The molecule has 5 nitrogen and oxygen atoms in total. The van der Waals surface area contributed by atoms with Gasteiger partial charge in [-0.05, 0) is 55.2 Å². The monoisotopic (exact) mass is 408 g/mol. The van der Waals surface area contributed by atoms with Gasteiger partial charge in [0.1, 0.15) is 12.4 Å². The van der Waals surface area contributed by atoms with Gasteiger partial charge in [0.15, 0.2) is 8.32 Å². The molecule has 0 saturated heterocycles. The molecular weight excluding hydrogens is 372 g/mol. The van der Waals surface area contributed by atoms with Crippen molar-refractivity contribution in [3.8, 4) is 18.1 Å². The van der Waals surface area contributed by atoms with Crippen LogP contribution in [0.15, 0.2) is 24.3 Å². The molecule has 0 spiro atoms. The molecule has 0 aliphatic heterocycles. The van der Waals surface area contributed by atoms with E-state index in [1.807, 2.05) is 37.4 Å². The molecule has 0 amide bonds. The van der Waals surface area contributed by atoms with Gasteiger partial charge in [-0.1, -0.05) is 19.8 Å². The topological polar surface area (TPSA) is 57.2 Å². The SMILES string of the molecule is C#Cc1ccc(OCCOCCOCCOCCCC(C)(C)[Si](C)(C)O)cc1. The van der Waals surface area contributed by atoms with Crippen LogP contribution in [-0.2, 0) is 14.2 Å². The van der Waals surface area contributed by atoms with Gasteiger partial charge in [-0.2, -0.15) is 0 Å². The lowest BCUT2D eigenvalue weighted by Gasteiger charge is -2.35. The quantitative estimate of drug-likeness (QED) is 0.271. The Labute approximate surface area is 171 Å². The highest BCUT2D eigenvalue weighted by Crippen LogP contribution is 2.39. The standard InChI is InChI=1S/C22H36O5Si/c1-6-20-8-10-21(11-9-20)27-19-18-26-17-16-25-15-14-24-13-7-12-22(2,3)28(4,5)23/h1,8-11,23H,7,12-19H2,2-5H3. The van der Waals surface area contributed by atoms with Crippen LogP contribution in [0.2, 0.25) is 18.1 Å². The molecular formula is C22H36O5Si. The van der Waals surface area contributed by atoms with Crippen molar-refractivity contribution in [2.75, 3.05) is 46.2 Å². The second-order valence-electron chi connectivity index (χ2n) is 7.90. The first kappa shape index (κ1) is 24.7. The number of hydrogen-bond acceptors (Lipinski definition) is 5. The Morgan fingerprint density at radius 2 is 1.39 bits per heavy atom. The summed E-state index contributed by atoms with van der Waals surface area (Å²) in [5, 5.41) is 0.0129. The van der Waals surface area contributed by atoms with Gasteiger partial charge < -0.3 is 23.7 Å². The van der Waals surface area contributed by atoms with Gasteiger partial charge in [-0.15, -0.1) is 6.42 Å². The highest BCUT2D eigenvalue weighted by molar-refractivity contribution is 6.72. The third kappa shape index (κ3) is 10.3. The van der Waals surface area contributed by atoms with E-state index in [-0.39, 0.29) is 5.04 Å². The van der Waals surface area contributed by atoms with E-state index in [2.05, 4.69) is 19.8 Å². The van der Waals surface area contributed by atoms with Crippen molar-refractivity contribution >= 4 is 8.32 Å². The first-order valence-corrected chi connectivity index (χ1v) is 12.9. The summed E-state index contributed by atoms with van der Waals surface area (Å²) in [6.45, 7) is 12.2. The first-order valence-electron chi connectivity index (χ1n) is 9.91. The van der Waals surface area contributed by atoms with E-state index in [0.29, 0.717) is 46.2 Å². The first-order chi connectivity index (χ1) is 13.3. The molecule has 0 aromatic heterocycles. The summed E-state index contributed by atoms with van der Waals surface area (Å²) in [5.41, 5.74) is 0.837. The lowest BCUT2D eigenvalue weighted by atomic mass is 10.1. The van der Waals surface area contributed by atoms with Crippen LogP contribution in [0.5, 0.6) is 5.75 Å². The summed E-state index contributed by atoms with van der Waals surface area (Å²) >= 11 is 0. The van der Waals surface area contributed by atoms with Crippen LogP contribution >= 0.6 is 0 Å². The summed E-state index contributed by atoms with van der Waals surface area (Å²) in [7, 11) is -2.12. The van der Waals surface area contributed by atoms with Gasteiger partial charge in [-0.3, -0.25) is 0 Å². The molecule has 1 aromatic carbocycles. The zero-order valence-electron chi connectivity index (χ0n) is 17.8. The van der Waals surface area contributed by atoms with Crippen molar-refractivity contribution in [2.24, 2.45) is 0 Å². The number of hydrogen-bond donors (Lipinski definition) is 1. The molecule has 28 heavy (non-hydrogen) atoms. The molecule has 0 unspecified atom stereocenters. The van der Waals surface area contributed by atoms with Crippen molar-refractivity contribution in [1.29, 1.82) is 0 Å². The molecule has 0 bridgehead atoms. The Morgan fingerprint density at radius 1 is 0.893 bits per heavy atom. The smallest absolute Gasteiger partial charge is 0.188 e. The second kappa shape index (κ2) is 13.0. The molecule has 0 heterocycles. The zero-order valence-corrected chi connectivity index (χ0v) is 18.8. The lowest BCUT2D eigenvalue weighted by Crippen LogP contribution is -2.39. The minimum absolute atomic E-state index is 0.0129. The number of rotatable bonds is 15. The molecule has 1 rings (SSSR count). The van der Waals surface area contributed by atoms with Crippen LogP contribution in [0, 0.1) is 12.3 Å². The molecule has 6 heteroatoms. The summed E-state index contributed by atoms with van der Waals surface area (Å²) in [5.74, 6) is 3.35. The van der Waals surface area contributed by atoms with Crippen molar-refractivity contribution in [3.05, 3.63) is 29.8 Å². The fourth-order valence-electron chi connectivity index (χ4n) is 2.33. The van der Waals surface area contributed by atoms with Crippen LogP contribution < -0.4 is 4.74 Å². The van der Waals surface area contributed by atoms with Gasteiger partial charge >= 0.3 is 0 Å². The van der Waals surface area contributed by atoms with Gasteiger partial charge in [0.2, 0.25) is 0 Å². The number of benzene rings is 1. The molecule has 0 saturated carbocycles. The van der Waals surface area contributed by atoms with Crippen molar-refractivity contribution in [3.63, 3.8) is 0 Å². The Bertz CT molecular complexity index is 572. The van der Waals surface area contributed by atoms with Crippen LogP contribution in [0.25, 0.3) is 0 Å². The van der Waals surface area contributed by atoms with Gasteiger partial charge in [-0.25, -0.2) is 0 Å². The molecule has 0 radical (unpaired) electrons. The fourth-order valence-corrected chi connectivity index (χ4v) is 3.12. The Hall–Kier alpha value is -1.36. The zero-order chi connectivity index (χ0) is 20.9. The predicted molar refractivity (Wildman–Crippen MR) is 115 cm³/mol. The molecule has 1 aromatic rings. The van der Waals surface area contributed by atoms with E-state index in [0.717, 1.165) is 24.2 Å². The predicted octanol–water partition coefficient (Wildman–Crippen LogP) is 3.85. The normalized spacial score (nSPS) is 12.0. The van der Waals surface area contributed by atoms with Crippen LogP contribution in [0.3, 0.4) is 0 Å². The van der Waals surface area contributed by atoms with Gasteiger partial charge in [0, 0.05) is 12.2 Å². The molecule has 0 aliphatic carbocycles. The van der Waals surface area contributed by atoms with Crippen molar-refractivity contribution < 1.29 is 23.7 Å². The average Bonchev–Trinajstić information content (AvgIpc) is 2.65. The van der Waals surface area contributed by atoms with Crippen LogP contribution in [-0.4, -0.2) is 59.4 Å². The number of terminal acetylenes is 1. The van der Waals surface area contributed by atoms with Crippen molar-refractivity contribution in [1.82, 2.24) is 0 Å². The molecule has 0 fully saturated rings. The maximum Gasteiger partial charge on any atom is 0.188 e. The fraction of sp³-hybridized carbons (Fsp3) is 0.636. The minimum atomic E-state index is -2.12.